The highest BCUT2D eigenvalue weighted by atomic mass is 16.7. The first-order valence-electron chi connectivity index (χ1n) is 8.77. The molecular weight excluding hydrogens is 332 g/mol. The van der Waals surface area contributed by atoms with E-state index in [1.54, 1.807) is 4.73 Å². The highest BCUT2D eigenvalue weighted by Crippen LogP contribution is 2.37. The molecule has 3 heteroatoms. The van der Waals surface area contributed by atoms with Gasteiger partial charge in [0.1, 0.15) is 6.07 Å². The molecule has 5 aromatic rings. The van der Waals surface area contributed by atoms with Crippen LogP contribution in [-0.4, -0.2) is 0 Å². The van der Waals surface area contributed by atoms with Gasteiger partial charge in [0.15, 0.2) is 0 Å². The molecule has 0 amide bonds. The average Bonchev–Trinajstić information content (AvgIpc) is 2.73. The maximum Gasteiger partial charge on any atom is 0.230 e. The van der Waals surface area contributed by atoms with Crippen LogP contribution in [0.4, 0.5) is 0 Å². The van der Waals surface area contributed by atoms with Crippen molar-refractivity contribution in [2.24, 2.45) is 0 Å². The Morgan fingerprint density at radius 1 is 0.667 bits per heavy atom. The summed E-state index contributed by atoms with van der Waals surface area (Å²) in [5, 5.41) is 15.6. The van der Waals surface area contributed by atoms with Crippen LogP contribution in [0.1, 0.15) is 5.56 Å². The minimum absolute atomic E-state index is 0.678. The summed E-state index contributed by atoms with van der Waals surface area (Å²) in [4.78, 5) is 6.32. The quantitative estimate of drug-likeness (QED) is 0.327. The Morgan fingerprint density at radius 2 is 1.22 bits per heavy atom. The second kappa shape index (κ2) is 6.12. The van der Waals surface area contributed by atoms with Crippen LogP contribution >= 0.6 is 0 Å². The van der Waals surface area contributed by atoms with Crippen LogP contribution in [-0.2, 0) is 0 Å². The summed E-state index contributed by atoms with van der Waals surface area (Å²) in [6.45, 7) is 0. The fourth-order valence-electron chi connectivity index (χ4n) is 3.58. The van der Waals surface area contributed by atoms with Gasteiger partial charge in [0, 0.05) is 32.3 Å². The molecule has 0 aliphatic rings. The number of nitriles is 1. The van der Waals surface area contributed by atoms with Gasteiger partial charge in [0.25, 0.3) is 0 Å². The Balaban J connectivity index is 1.79. The molecule has 1 aromatic heterocycles. The molecule has 0 atom stereocenters. The summed E-state index contributed by atoms with van der Waals surface area (Å²) in [6, 6.07) is 28.3. The molecule has 0 aliphatic carbocycles. The van der Waals surface area contributed by atoms with E-state index in [1.807, 2.05) is 79.1 Å². The van der Waals surface area contributed by atoms with E-state index in [1.165, 1.54) is 0 Å². The molecule has 0 saturated heterocycles. The third kappa shape index (κ3) is 2.47. The average molecular weight is 347 g/mol. The van der Waals surface area contributed by atoms with Crippen molar-refractivity contribution in [1.82, 2.24) is 0 Å². The lowest BCUT2D eigenvalue weighted by Crippen LogP contribution is -2.38. The standard InChI is InChI=1S/C24H15N2O/c25-15-23-19-9-3-5-11-21(19)24(22-12-6-4-10-20(22)23)27-26-14-13-17-7-1-2-8-18(17)16-26/h1-14,16H/q+1. The summed E-state index contributed by atoms with van der Waals surface area (Å²) in [5.41, 5.74) is 0.678. The van der Waals surface area contributed by atoms with Gasteiger partial charge in [-0.25, -0.2) is 4.84 Å². The number of fused-ring (bicyclic) bond motifs is 3. The van der Waals surface area contributed by atoms with Crippen LogP contribution in [0.3, 0.4) is 0 Å². The molecule has 126 valence electrons. The molecule has 0 unspecified atom stereocenters. The van der Waals surface area contributed by atoms with Crippen LogP contribution in [0, 0.1) is 11.3 Å². The largest absolute Gasteiger partial charge is 0.230 e. The van der Waals surface area contributed by atoms with E-state index < -0.39 is 0 Å². The first-order chi connectivity index (χ1) is 13.3. The molecule has 0 spiro atoms. The number of nitrogens with zero attached hydrogens (tertiary/aromatic N) is 2. The first-order valence-corrected chi connectivity index (χ1v) is 8.77. The number of rotatable bonds is 2. The summed E-state index contributed by atoms with van der Waals surface area (Å²) in [7, 11) is 0. The monoisotopic (exact) mass is 347 g/mol. The second-order valence-corrected chi connectivity index (χ2v) is 6.43. The van der Waals surface area contributed by atoms with Crippen LogP contribution in [0.5, 0.6) is 5.75 Å². The Morgan fingerprint density at radius 3 is 1.85 bits per heavy atom. The third-order valence-corrected chi connectivity index (χ3v) is 4.85. The van der Waals surface area contributed by atoms with Crippen LogP contribution in [0.25, 0.3) is 32.3 Å². The molecule has 27 heavy (non-hydrogen) atoms. The van der Waals surface area contributed by atoms with Gasteiger partial charge in [-0.1, -0.05) is 66.7 Å². The zero-order valence-corrected chi connectivity index (χ0v) is 14.5. The van der Waals surface area contributed by atoms with Crippen molar-refractivity contribution in [3.8, 4) is 11.8 Å². The van der Waals surface area contributed by atoms with E-state index in [-0.39, 0.29) is 0 Å². The molecule has 0 N–H and O–H groups in total. The zero-order chi connectivity index (χ0) is 18.2. The molecule has 3 nitrogen and oxygen atoms in total. The molecule has 4 aromatic carbocycles. The van der Waals surface area contributed by atoms with Crippen molar-refractivity contribution in [3.63, 3.8) is 0 Å². The van der Waals surface area contributed by atoms with Gasteiger partial charge in [0.2, 0.25) is 18.1 Å². The molecule has 0 aliphatic heterocycles. The molecule has 5 rings (SSSR count). The second-order valence-electron chi connectivity index (χ2n) is 6.43. The Bertz CT molecular complexity index is 1310. The summed E-state index contributed by atoms with van der Waals surface area (Å²) >= 11 is 0. The fourth-order valence-corrected chi connectivity index (χ4v) is 3.58. The summed E-state index contributed by atoms with van der Waals surface area (Å²) in [6.07, 6.45) is 3.88. The van der Waals surface area contributed by atoms with Gasteiger partial charge in [-0.15, -0.1) is 0 Å². The van der Waals surface area contributed by atoms with Crippen molar-refractivity contribution in [2.45, 2.75) is 0 Å². The zero-order valence-electron chi connectivity index (χ0n) is 14.5. The van der Waals surface area contributed by atoms with Crippen molar-refractivity contribution in [1.29, 1.82) is 5.26 Å². The fraction of sp³-hybridized carbons (Fsp3) is 0. The summed E-state index contributed by atoms with van der Waals surface area (Å²) < 4.78 is 1.72. The van der Waals surface area contributed by atoms with E-state index in [2.05, 4.69) is 18.2 Å². The van der Waals surface area contributed by atoms with E-state index in [0.717, 1.165) is 38.1 Å². The van der Waals surface area contributed by atoms with Crippen LogP contribution < -0.4 is 9.57 Å². The molecule has 1 heterocycles. The Hall–Kier alpha value is -3.90. The third-order valence-electron chi connectivity index (χ3n) is 4.85. The maximum atomic E-state index is 9.74. The first kappa shape index (κ1) is 15.4. The predicted octanol–water partition coefficient (Wildman–Crippen LogP) is 5.15. The lowest BCUT2D eigenvalue weighted by molar-refractivity contribution is -0.873. The lowest BCUT2D eigenvalue weighted by Gasteiger charge is -2.10. The molecule has 0 saturated carbocycles. The van der Waals surface area contributed by atoms with E-state index in [0.29, 0.717) is 5.56 Å². The van der Waals surface area contributed by atoms with Gasteiger partial charge in [-0.2, -0.15) is 5.26 Å². The minimum atomic E-state index is 0.678. The molecular formula is C24H15N2O+. The molecule has 0 bridgehead atoms. The molecule has 0 radical (unpaired) electrons. The lowest BCUT2D eigenvalue weighted by atomic mass is 9.96. The smallest absolute Gasteiger partial charge is 0.230 e. The SMILES string of the molecule is N#Cc1c2ccccc2c(O[n+]2ccc3ccccc3c2)c2ccccc12. The Kier molecular flexibility index (Phi) is 3.48. The van der Waals surface area contributed by atoms with Crippen LogP contribution in [0.15, 0.2) is 91.3 Å². The maximum absolute atomic E-state index is 9.74. The van der Waals surface area contributed by atoms with E-state index >= 15 is 0 Å². The van der Waals surface area contributed by atoms with Crippen molar-refractivity contribution >= 4 is 32.3 Å². The Labute approximate surface area is 156 Å². The van der Waals surface area contributed by atoms with Gasteiger partial charge in [-0.3, -0.25) is 0 Å². The predicted molar refractivity (Wildman–Crippen MR) is 106 cm³/mol. The minimum Gasteiger partial charge on any atom is -0.230 e. The topological polar surface area (TPSA) is 36.9 Å². The van der Waals surface area contributed by atoms with Gasteiger partial charge in [-0.05, 0) is 11.5 Å². The number of pyridine rings is 1. The normalized spacial score (nSPS) is 10.9. The van der Waals surface area contributed by atoms with Crippen molar-refractivity contribution in [2.75, 3.05) is 0 Å². The van der Waals surface area contributed by atoms with Crippen molar-refractivity contribution in [3.05, 3.63) is 96.8 Å². The van der Waals surface area contributed by atoms with E-state index in [4.69, 9.17) is 4.84 Å². The van der Waals surface area contributed by atoms with Gasteiger partial charge < -0.3 is 0 Å². The highest BCUT2D eigenvalue weighted by Gasteiger charge is 2.18. The molecule has 0 fully saturated rings. The number of aromatic nitrogens is 1. The van der Waals surface area contributed by atoms with Gasteiger partial charge >= 0.3 is 0 Å². The number of benzene rings is 4. The number of hydrogen-bond acceptors (Lipinski definition) is 2. The van der Waals surface area contributed by atoms with Crippen molar-refractivity contribution < 1.29 is 9.57 Å². The number of hydrogen-bond donors (Lipinski definition) is 0. The van der Waals surface area contributed by atoms with E-state index in [9.17, 15) is 5.26 Å². The summed E-state index contributed by atoms with van der Waals surface area (Å²) in [5.74, 6) is 0.750. The highest BCUT2D eigenvalue weighted by molar-refractivity contribution is 6.10. The van der Waals surface area contributed by atoms with Crippen LogP contribution in [0.2, 0.25) is 0 Å². The van der Waals surface area contributed by atoms with Gasteiger partial charge in [0.05, 0.1) is 10.9 Å².